The lowest BCUT2D eigenvalue weighted by atomic mass is 10.1. The molecule has 0 spiro atoms. The van der Waals surface area contributed by atoms with Crippen LogP contribution in [-0.2, 0) is 6.42 Å². The Morgan fingerprint density at radius 3 is 2.82 bits per heavy atom. The molecule has 1 heterocycles. The van der Waals surface area contributed by atoms with Gasteiger partial charge in [0.25, 0.3) is 0 Å². The van der Waals surface area contributed by atoms with Gasteiger partial charge in [0.1, 0.15) is 5.69 Å². The summed E-state index contributed by atoms with van der Waals surface area (Å²) in [6, 6.07) is 5.57. The Labute approximate surface area is 106 Å². The molecule has 0 unspecified atom stereocenters. The number of hydrogen-bond donors (Lipinski definition) is 3. The number of H-pyrrole nitrogens is 1. The molecule has 0 atom stereocenters. The van der Waals surface area contributed by atoms with E-state index in [2.05, 4.69) is 20.9 Å². The number of halogens is 1. The highest BCUT2D eigenvalue weighted by molar-refractivity contribution is 9.10. The molecule has 4 nitrogen and oxygen atoms in total. The van der Waals surface area contributed by atoms with Crippen molar-refractivity contribution in [3.8, 4) is 0 Å². The van der Waals surface area contributed by atoms with Crippen molar-refractivity contribution in [2.75, 3.05) is 6.61 Å². The number of aromatic amines is 1. The number of benzene rings is 1. The number of aromatic nitrogens is 1. The molecule has 5 heteroatoms. The molecule has 90 valence electrons. The lowest BCUT2D eigenvalue weighted by Crippen LogP contribution is -2.02. The summed E-state index contributed by atoms with van der Waals surface area (Å²) in [6.45, 7) is 0.0518. The van der Waals surface area contributed by atoms with Gasteiger partial charge in [0.05, 0.1) is 0 Å². The standard InChI is InChI=1S/C12H12BrNO3/c13-8-4-1-5-9-10(8)7(3-2-6-15)11(14-9)12(16)17/h1,4-5,14-15H,2-3,6H2,(H,16,17). The van der Waals surface area contributed by atoms with Crippen LogP contribution in [0.25, 0.3) is 10.9 Å². The Balaban J connectivity index is 2.64. The van der Waals surface area contributed by atoms with Crippen LogP contribution in [0.1, 0.15) is 22.5 Å². The number of rotatable bonds is 4. The maximum absolute atomic E-state index is 11.2. The van der Waals surface area contributed by atoms with Crippen LogP contribution in [0.5, 0.6) is 0 Å². The van der Waals surface area contributed by atoms with Gasteiger partial charge in [-0.05, 0) is 30.5 Å². The first kappa shape index (κ1) is 12.1. The van der Waals surface area contributed by atoms with Gasteiger partial charge in [0.2, 0.25) is 0 Å². The highest BCUT2D eigenvalue weighted by atomic mass is 79.9. The summed E-state index contributed by atoms with van der Waals surface area (Å²) in [4.78, 5) is 14.1. The number of aryl methyl sites for hydroxylation is 1. The number of aliphatic hydroxyl groups is 1. The number of fused-ring (bicyclic) bond motifs is 1. The van der Waals surface area contributed by atoms with E-state index < -0.39 is 5.97 Å². The van der Waals surface area contributed by atoms with Crippen molar-refractivity contribution in [1.82, 2.24) is 4.98 Å². The fourth-order valence-electron chi connectivity index (χ4n) is 1.96. The van der Waals surface area contributed by atoms with Crippen LogP contribution >= 0.6 is 15.9 Å². The number of aromatic carboxylic acids is 1. The molecular weight excluding hydrogens is 286 g/mol. The first-order valence-electron chi connectivity index (χ1n) is 5.28. The minimum atomic E-state index is -0.971. The van der Waals surface area contributed by atoms with Gasteiger partial charge in [-0.1, -0.05) is 22.0 Å². The molecule has 2 rings (SSSR count). The number of aliphatic hydroxyl groups excluding tert-OH is 1. The van der Waals surface area contributed by atoms with Crippen LogP contribution in [-0.4, -0.2) is 27.8 Å². The van der Waals surface area contributed by atoms with Crippen molar-refractivity contribution >= 4 is 32.8 Å². The molecule has 2 aromatic rings. The zero-order valence-corrected chi connectivity index (χ0v) is 10.6. The minimum Gasteiger partial charge on any atom is -0.477 e. The van der Waals surface area contributed by atoms with E-state index in [4.69, 9.17) is 10.2 Å². The zero-order valence-electron chi connectivity index (χ0n) is 9.03. The third-order valence-corrected chi connectivity index (χ3v) is 3.34. The Kier molecular flexibility index (Phi) is 3.49. The highest BCUT2D eigenvalue weighted by Crippen LogP contribution is 2.30. The van der Waals surface area contributed by atoms with E-state index in [1.54, 1.807) is 0 Å². The van der Waals surface area contributed by atoms with Crippen LogP contribution in [0.2, 0.25) is 0 Å². The fourth-order valence-corrected chi connectivity index (χ4v) is 2.56. The van der Waals surface area contributed by atoms with Crippen LogP contribution in [0, 0.1) is 0 Å². The Morgan fingerprint density at radius 2 is 2.18 bits per heavy atom. The first-order chi connectivity index (χ1) is 8.15. The van der Waals surface area contributed by atoms with Crippen LogP contribution < -0.4 is 0 Å². The molecule has 0 amide bonds. The van der Waals surface area contributed by atoms with Crippen molar-refractivity contribution in [3.63, 3.8) is 0 Å². The molecule has 0 bridgehead atoms. The number of carboxylic acids is 1. The van der Waals surface area contributed by atoms with E-state index in [9.17, 15) is 4.79 Å². The Morgan fingerprint density at radius 1 is 1.41 bits per heavy atom. The fraction of sp³-hybridized carbons (Fsp3) is 0.250. The van der Waals surface area contributed by atoms with E-state index in [0.717, 1.165) is 20.9 Å². The average molecular weight is 298 g/mol. The largest absolute Gasteiger partial charge is 0.477 e. The molecule has 3 N–H and O–H groups in total. The second-order valence-electron chi connectivity index (χ2n) is 3.77. The molecule has 0 saturated heterocycles. The predicted octanol–water partition coefficient (Wildman–Crippen LogP) is 2.55. The zero-order chi connectivity index (χ0) is 12.4. The molecule has 0 aliphatic carbocycles. The summed E-state index contributed by atoms with van der Waals surface area (Å²) < 4.78 is 0.867. The molecule has 0 fully saturated rings. The van der Waals surface area contributed by atoms with E-state index in [-0.39, 0.29) is 12.3 Å². The van der Waals surface area contributed by atoms with Gasteiger partial charge >= 0.3 is 5.97 Å². The lowest BCUT2D eigenvalue weighted by molar-refractivity contribution is 0.0690. The van der Waals surface area contributed by atoms with Gasteiger partial charge < -0.3 is 15.2 Å². The van der Waals surface area contributed by atoms with Crippen LogP contribution in [0.3, 0.4) is 0 Å². The van der Waals surface area contributed by atoms with Crippen molar-refractivity contribution in [2.45, 2.75) is 12.8 Å². The molecule has 1 aromatic heterocycles. The van der Waals surface area contributed by atoms with E-state index in [0.29, 0.717) is 12.8 Å². The maximum Gasteiger partial charge on any atom is 0.352 e. The van der Waals surface area contributed by atoms with Gasteiger partial charge in [-0.25, -0.2) is 4.79 Å². The number of carbonyl (C=O) groups is 1. The third kappa shape index (κ3) is 2.21. The van der Waals surface area contributed by atoms with Crippen LogP contribution in [0.4, 0.5) is 0 Å². The minimum absolute atomic E-state index is 0.0518. The van der Waals surface area contributed by atoms with Crippen molar-refractivity contribution in [2.24, 2.45) is 0 Å². The Hall–Kier alpha value is -1.33. The van der Waals surface area contributed by atoms with E-state index >= 15 is 0 Å². The summed E-state index contributed by atoms with van der Waals surface area (Å²) in [5.74, 6) is -0.971. The average Bonchev–Trinajstić information content (AvgIpc) is 2.66. The molecule has 1 aromatic carbocycles. The molecule has 0 saturated carbocycles. The number of nitrogens with one attached hydrogen (secondary N) is 1. The summed E-state index contributed by atoms with van der Waals surface area (Å²) in [5, 5.41) is 18.9. The van der Waals surface area contributed by atoms with Crippen molar-refractivity contribution in [3.05, 3.63) is 33.9 Å². The number of hydrogen-bond acceptors (Lipinski definition) is 2. The number of carboxylic acid groups (broad SMARTS) is 1. The molecular formula is C12H12BrNO3. The Bertz CT molecular complexity index is 562. The maximum atomic E-state index is 11.2. The smallest absolute Gasteiger partial charge is 0.352 e. The van der Waals surface area contributed by atoms with Gasteiger partial charge in [-0.2, -0.15) is 0 Å². The summed E-state index contributed by atoms with van der Waals surface area (Å²) in [7, 11) is 0. The van der Waals surface area contributed by atoms with Crippen molar-refractivity contribution < 1.29 is 15.0 Å². The SMILES string of the molecule is O=C(O)c1[nH]c2cccc(Br)c2c1CCCO. The molecule has 0 aliphatic rings. The van der Waals surface area contributed by atoms with E-state index in [1.807, 2.05) is 18.2 Å². The monoisotopic (exact) mass is 297 g/mol. The first-order valence-corrected chi connectivity index (χ1v) is 6.07. The molecule has 17 heavy (non-hydrogen) atoms. The topological polar surface area (TPSA) is 73.3 Å². The predicted molar refractivity (Wildman–Crippen MR) is 68.4 cm³/mol. The van der Waals surface area contributed by atoms with Gasteiger partial charge in [-0.15, -0.1) is 0 Å². The molecule has 0 radical (unpaired) electrons. The quantitative estimate of drug-likeness (QED) is 0.812. The van der Waals surface area contributed by atoms with Crippen molar-refractivity contribution in [1.29, 1.82) is 0 Å². The lowest BCUT2D eigenvalue weighted by Gasteiger charge is -2.01. The van der Waals surface area contributed by atoms with Gasteiger partial charge in [0, 0.05) is 22.0 Å². The van der Waals surface area contributed by atoms with Gasteiger partial charge in [0.15, 0.2) is 0 Å². The normalized spacial score (nSPS) is 10.9. The third-order valence-electron chi connectivity index (χ3n) is 2.68. The second-order valence-corrected chi connectivity index (χ2v) is 4.63. The van der Waals surface area contributed by atoms with E-state index in [1.165, 1.54) is 0 Å². The van der Waals surface area contributed by atoms with Gasteiger partial charge in [-0.3, -0.25) is 0 Å². The highest BCUT2D eigenvalue weighted by Gasteiger charge is 2.17. The summed E-state index contributed by atoms with van der Waals surface area (Å²) in [6.07, 6.45) is 1.09. The molecule has 0 aliphatic heterocycles. The second kappa shape index (κ2) is 4.89. The van der Waals surface area contributed by atoms with Crippen LogP contribution in [0.15, 0.2) is 22.7 Å². The summed E-state index contributed by atoms with van der Waals surface area (Å²) in [5.41, 5.74) is 1.75. The summed E-state index contributed by atoms with van der Waals surface area (Å²) >= 11 is 3.43.